The van der Waals surface area contributed by atoms with E-state index in [0.717, 1.165) is 22.5 Å². The Bertz CT molecular complexity index is 1560. The van der Waals surface area contributed by atoms with Crippen LogP contribution in [-0.2, 0) is 4.79 Å². The third-order valence-electron chi connectivity index (χ3n) is 5.93. The molecule has 0 aliphatic rings. The second-order valence-corrected chi connectivity index (χ2v) is 9.89. The largest absolute Gasteiger partial charge is 0.495 e. The van der Waals surface area contributed by atoms with E-state index in [1.807, 2.05) is 32.0 Å². The highest BCUT2D eigenvalue weighted by Gasteiger charge is 2.23. The highest BCUT2D eigenvalue weighted by Crippen LogP contribution is 2.30. The Morgan fingerprint density at radius 1 is 1.11 bits per heavy atom. The molecule has 36 heavy (non-hydrogen) atoms. The van der Waals surface area contributed by atoms with Crippen LogP contribution in [0, 0.1) is 20.8 Å². The summed E-state index contributed by atoms with van der Waals surface area (Å²) in [6.45, 7) is 7.23. The van der Waals surface area contributed by atoms with Crippen molar-refractivity contribution < 1.29 is 14.3 Å². The Hall–Kier alpha value is -3.69. The summed E-state index contributed by atoms with van der Waals surface area (Å²) in [6.07, 6.45) is 1.33. The average molecular weight is 525 g/mol. The highest BCUT2D eigenvalue weighted by molar-refractivity contribution is 7.20. The number of carbonyl (C=O) groups is 2. The number of amides is 2. The summed E-state index contributed by atoms with van der Waals surface area (Å²) in [5.41, 5.74) is 3.35. The van der Waals surface area contributed by atoms with Crippen LogP contribution in [0.15, 0.2) is 47.5 Å². The van der Waals surface area contributed by atoms with Crippen LogP contribution in [0.2, 0.25) is 5.02 Å². The zero-order valence-electron chi connectivity index (χ0n) is 20.4. The van der Waals surface area contributed by atoms with E-state index in [1.165, 1.54) is 18.0 Å². The minimum atomic E-state index is -0.859. The summed E-state index contributed by atoms with van der Waals surface area (Å²) < 4.78 is 6.38. The lowest BCUT2D eigenvalue weighted by molar-refractivity contribution is -0.118. The molecule has 0 radical (unpaired) electrons. The molecule has 0 spiro atoms. The SMILES string of the molecule is COc1ccc(NC(=O)C(C)n2cnc3sc(C(=O)Nc4ccc(C)cc4C)c(C)c3c2=O)cc1Cl. The van der Waals surface area contributed by atoms with Crippen LogP contribution < -0.4 is 20.9 Å². The lowest BCUT2D eigenvalue weighted by Gasteiger charge is -2.15. The van der Waals surface area contributed by atoms with Gasteiger partial charge in [-0.25, -0.2) is 4.98 Å². The first-order chi connectivity index (χ1) is 17.1. The third kappa shape index (κ3) is 4.84. The fourth-order valence-electron chi connectivity index (χ4n) is 3.88. The lowest BCUT2D eigenvalue weighted by atomic mass is 10.1. The van der Waals surface area contributed by atoms with Gasteiger partial charge in [-0.2, -0.15) is 0 Å². The van der Waals surface area contributed by atoms with Crippen LogP contribution in [0.25, 0.3) is 10.2 Å². The Kier molecular flexibility index (Phi) is 7.14. The van der Waals surface area contributed by atoms with Crippen molar-refractivity contribution in [2.75, 3.05) is 17.7 Å². The molecular formula is C26H25ClN4O4S. The predicted octanol–water partition coefficient (Wildman–Crippen LogP) is 5.50. The van der Waals surface area contributed by atoms with Crippen LogP contribution in [-0.4, -0.2) is 28.5 Å². The van der Waals surface area contributed by atoms with Gasteiger partial charge in [0.2, 0.25) is 5.91 Å². The molecule has 2 N–H and O–H groups in total. The van der Waals surface area contributed by atoms with Crippen molar-refractivity contribution in [2.24, 2.45) is 0 Å². The number of hydrogen-bond donors (Lipinski definition) is 2. The molecule has 8 nitrogen and oxygen atoms in total. The zero-order valence-corrected chi connectivity index (χ0v) is 22.0. The second-order valence-electron chi connectivity index (χ2n) is 8.48. The van der Waals surface area contributed by atoms with E-state index in [1.54, 1.807) is 32.0 Å². The maximum atomic E-state index is 13.4. The van der Waals surface area contributed by atoms with Gasteiger partial charge < -0.3 is 15.4 Å². The highest BCUT2D eigenvalue weighted by atomic mass is 35.5. The second kappa shape index (κ2) is 10.1. The van der Waals surface area contributed by atoms with Crippen LogP contribution in [0.4, 0.5) is 11.4 Å². The molecule has 4 aromatic rings. The van der Waals surface area contributed by atoms with Gasteiger partial charge in [0.1, 0.15) is 16.6 Å². The molecule has 0 saturated heterocycles. The molecule has 0 saturated carbocycles. The summed E-state index contributed by atoms with van der Waals surface area (Å²) in [5, 5.41) is 6.35. The van der Waals surface area contributed by atoms with E-state index >= 15 is 0 Å². The molecule has 2 amide bonds. The molecule has 0 aliphatic carbocycles. The van der Waals surface area contributed by atoms with Gasteiger partial charge in [-0.05, 0) is 63.1 Å². The van der Waals surface area contributed by atoms with Gasteiger partial charge >= 0.3 is 0 Å². The van der Waals surface area contributed by atoms with E-state index in [-0.39, 0.29) is 5.91 Å². The fraction of sp³-hybridized carbons (Fsp3) is 0.231. The van der Waals surface area contributed by atoms with Crippen LogP contribution >= 0.6 is 22.9 Å². The van der Waals surface area contributed by atoms with Gasteiger partial charge in [0.25, 0.3) is 11.5 Å². The Labute approximate surface area is 216 Å². The Morgan fingerprint density at radius 2 is 1.86 bits per heavy atom. The van der Waals surface area contributed by atoms with Gasteiger partial charge in [0.15, 0.2) is 0 Å². The predicted molar refractivity (Wildman–Crippen MR) is 144 cm³/mol. The quantitative estimate of drug-likeness (QED) is 0.347. The molecule has 2 aromatic carbocycles. The van der Waals surface area contributed by atoms with Crippen LogP contribution in [0.5, 0.6) is 5.75 Å². The van der Waals surface area contributed by atoms with Gasteiger partial charge in [-0.3, -0.25) is 19.0 Å². The van der Waals surface area contributed by atoms with Crippen LogP contribution in [0.3, 0.4) is 0 Å². The maximum Gasteiger partial charge on any atom is 0.266 e. The van der Waals surface area contributed by atoms with Crippen molar-refractivity contribution in [3.63, 3.8) is 0 Å². The normalized spacial score (nSPS) is 11.8. The first kappa shape index (κ1) is 25.4. The number of benzene rings is 2. The van der Waals surface area contributed by atoms with E-state index in [4.69, 9.17) is 16.3 Å². The standard InChI is InChI=1S/C26H25ClN4O4S/c1-13-6-8-19(14(2)10-13)30-24(33)22-15(3)21-25(36-22)28-12-31(26(21)34)16(4)23(32)29-17-7-9-20(35-5)18(27)11-17/h6-12,16H,1-5H3,(H,29,32)(H,30,33). The molecule has 2 heterocycles. The number of hydrogen-bond acceptors (Lipinski definition) is 6. The van der Waals surface area contributed by atoms with Crippen molar-refractivity contribution in [1.29, 1.82) is 0 Å². The van der Waals surface area contributed by atoms with Gasteiger partial charge in [0, 0.05) is 11.4 Å². The molecule has 186 valence electrons. The number of aryl methyl sites for hydroxylation is 3. The summed E-state index contributed by atoms with van der Waals surface area (Å²) in [5.74, 6) is -0.241. The van der Waals surface area contributed by atoms with Crippen molar-refractivity contribution in [2.45, 2.75) is 33.7 Å². The van der Waals surface area contributed by atoms with Gasteiger partial charge in [0.05, 0.1) is 28.7 Å². The lowest BCUT2D eigenvalue weighted by Crippen LogP contribution is -2.31. The number of methoxy groups -OCH3 is 1. The first-order valence-electron chi connectivity index (χ1n) is 11.1. The number of carbonyl (C=O) groups excluding carboxylic acids is 2. The Balaban J connectivity index is 1.61. The van der Waals surface area contributed by atoms with E-state index < -0.39 is 17.5 Å². The maximum absolute atomic E-state index is 13.4. The molecule has 0 aliphatic heterocycles. The average Bonchev–Trinajstić information content (AvgIpc) is 3.18. The zero-order chi connectivity index (χ0) is 26.1. The minimum Gasteiger partial charge on any atom is -0.495 e. The van der Waals surface area contributed by atoms with Gasteiger partial charge in [-0.15, -0.1) is 11.3 Å². The van der Waals surface area contributed by atoms with Crippen molar-refractivity contribution >= 4 is 56.3 Å². The minimum absolute atomic E-state index is 0.310. The summed E-state index contributed by atoms with van der Waals surface area (Å²) in [6, 6.07) is 9.77. The number of fused-ring (bicyclic) bond motifs is 1. The van der Waals surface area contributed by atoms with Crippen LogP contribution in [0.1, 0.15) is 39.3 Å². The molecule has 1 unspecified atom stereocenters. The number of nitrogens with one attached hydrogen (secondary N) is 2. The summed E-state index contributed by atoms with van der Waals surface area (Å²) >= 11 is 7.29. The number of halogens is 1. The molecular weight excluding hydrogens is 500 g/mol. The molecule has 1 atom stereocenters. The third-order valence-corrected chi connectivity index (χ3v) is 7.42. The molecule has 0 fully saturated rings. The molecule has 4 rings (SSSR count). The Morgan fingerprint density at radius 3 is 2.53 bits per heavy atom. The number of anilines is 2. The monoisotopic (exact) mass is 524 g/mol. The van der Waals surface area contributed by atoms with E-state index in [0.29, 0.717) is 42.8 Å². The first-order valence-corrected chi connectivity index (χ1v) is 12.3. The summed E-state index contributed by atoms with van der Waals surface area (Å²) in [4.78, 5) is 44.5. The van der Waals surface area contributed by atoms with Crippen molar-refractivity contribution in [3.8, 4) is 5.75 Å². The van der Waals surface area contributed by atoms with Crippen molar-refractivity contribution in [3.05, 3.63) is 79.7 Å². The summed E-state index contributed by atoms with van der Waals surface area (Å²) in [7, 11) is 1.50. The van der Waals surface area contributed by atoms with Crippen molar-refractivity contribution in [1.82, 2.24) is 9.55 Å². The molecule has 2 aromatic heterocycles. The van der Waals surface area contributed by atoms with Gasteiger partial charge in [-0.1, -0.05) is 29.3 Å². The fourth-order valence-corrected chi connectivity index (χ4v) is 5.17. The smallest absolute Gasteiger partial charge is 0.266 e. The number of ether oxygens (including phenoxy) is 1. The number of aromatic nitrogens is 2. The number of rotatable bonds is 6. The number of thiophene rings is 1. The molecule has 0 bridgehead atoms. The van der Waals surface area contributed by atoms with E-state index in [9.17, 15) is 14.4 Å². The molecule has 10 heteroatoms. The number of nitrogens with zero attached hydrogens (tertiary/aromatic N) is 2. The van der Waals surface area contributed by atoms with E-state index in [2.05, 4.69) is 15.6 Å². The topological polar surface area (TPSA) is 102 Å².